The first-order valence-corrected chi connectivity index (χ1v) is 8.86. The molecule has 0 aromatic carbocycles. The van der Waals surface area contributed by atoms with Crippen LogP contribution in [0.5, 0.6) is 0 Å². The van der Waals surface area contributed by atoms with Gasteiger partial charge in [-0.3, -0.25) is 9.80 Å². The molecule has 5 heteroatoms. The Labute approximate surface area is 128 Å². The molecule has 1 aromatic rings. The lowest BCUT2D eigenvalue weighted by atomic mass is 9.97. The zero-order valence-electron chi connectivity index (χ0n) is 11.4. The normalized spacial score (nSPS) is 31.6. The van der Waals surface area contributed by atoms with Crippen molar-refractivity contribution in [1.82, 2.24) is 15.1 Å². The molecule has 2 atom stereocenters. The Hall–Kier alpha value is 0.0600. The molecule has 0 radical (unpaired) electrons. The van der Waals surface area contributed by atoms with Crippen molar-refractivity contribution >= 4 is 27.3 Å². The Bertz CT molecular complexity index is 415. The Morgan fingerprint density at radius 1 is 1.42 bits per heavy atom. The van der Waals surface area contributed by atoms with Crippen LogP contribution in [0.15, 0.2) is 15.9 Å². The monoisotopic (exact) mass is 343 g/mol. The quantitative estimate of drug-likeness (QED) is 0.882. The van der Waals surface area contributed by atoms with E-state index in [0.717, 1.165) is 13.0 Å². The van der Waals surface area contributed by atoms with Gasteiger partial charge in [0.25, 0.3) is 0 Å². The highest BCUT2D eigenvalue weighted by Crippen LogP contribution is 2.25. The van der Waals surface area contributed by atoms with Crippen LogP contribution in [-0.4, -0.2) is 61.2 Å². The molecule has 4 heterocycles. The second-order valence-corrected chi connectivity index (χ2v) is 7.41. The van der Waals surface area contributed by atoms with Gasteiger partial charge in [-0.15, -0.1) is 11.3 Å². The highest BCUT2D eigenvalue weighted by atomic mass is 79.9. The Balaban J connectivity index is 1.69. The Kier molecular flexibility index (Phi) is 4.59. The molecule has 2 unspecified atom stereocenters. The summed E-state index contributed by atoms with van der Waals surface area (Å²) in [5.74, 6) is 0. The van der Waals surface area contributed by atoms with E-state index in [2.05, 4.69) is 49.4 Å². The minimum absolute atomic E-state index is 0.582. The van der Waals surface area contributed by atoms with Crippen LogP contribution < -0.4 is 5.32 Å². The fourth-order valence-corrected chi connectivity index (χ4v) is 4.83. The zero-order valence-corrected chi connectivity index (χ0v) is 13.8. The van der Waals surface area contributed by atoms with Crippen molar-refractivity contribution in [1.29, 1.82) is 0 Å². The number of nitrogens with one attached hydrogen (secondary N) is 1. The molecular formula is C14H22BrN3S. The number of hydrogen-bond donors (Lipinski definition) is 1. The molecule has 0 aliphatic carbocycles. The number of piperazine rings is 3. The van der Waals surface area contributed by atoms with Gasteiger partial charge >= 0.3 is 0 Å². The van der Waals surface area contributed by atoms with Gasteiger partial charge in [-0.05, 0) is 35.0 Å². The van der Waals surface area contributed by atoms with Crippen molar-refractivity contribution in [3.63, 3.8) is 0 Å². The minimum atomic E-state index is 0.582. The van der Waals surface area contributed by atoms with Crippen molar-refractivity contribution in [3.05, 3.63) is 20.8 Å². The first-order valence-electron chi connectivity index (χ1n) is 7.19. The van der Waals surface area contributed by atoms with Gasteiger partial charge in [0.2, 0.25) is 0 Å². The van der Waals surface area contributed by atoms with E-state index >= 15 is 0 Å². The van der Waals surface area contributed by atoms with Gasteiger partial charge in [0.05, 0.1) is 0 Å². The molecule has 4 rings (SSSR count). The van der Waals surface area contributed by atoms with E-state index in [9.17, 15) is 0 Å². The van der Waals surface area contributed by atoms with Crippen LogP contribution in [0.25, 0.3) is 0 Å². The van der Waals surface area contributed by atoms with Gasteiger partial charge in [-0.2, -0.15) is 0 Å². The summed E-state index contributed by atoms with van der Waals surface area (Å²) < 4.78 is 1.22. The Morgan fingerprint density at radius 2 is 2.21 bits per heavy atom. The average molecular weight is 344 g/mol. The molecule has 0 amide bonds. The summed E-state index contributed by atoms with van der Waals surface area (Å²) in [5, 5.41) is 5.91. The lowest BCUT2D eigenvalue weighted by molar-refractivity contribution is -0.00277. The standard InChI is InChI=1S/C14H22BrN3S/c1-2-16-13(8-12-7-11(15)10-19-12)14-9-17-3-5-18(14)6-4-17/h7,10,13-14,16H,2-6,8-9H2,1H3. The number of thiophene rings is 1. The van der Waals surface area contributed by atoms with E-state index in [4.69, 9.17) is 0 Å². The molecule has 1 aromatic heterocycles. The largest absolute Gasteiger partial charge is 0.312 e. The average Bonchev–Trinajstić information content (AvgIpc) is 2.85. The first-order chi connectivity index (χ1) is 9.26. The predicted octanol–water partition coefficient (Wildman–Crippen LogP) is 2.03. The number of hydrogen-bond acceptors (Lipinski definition) is 4. The highest BCUT2D eigenvalue weighted by molar-refractivity contribution is 9.10. The molecule has 19 heavy (non-hydrogen) atoms. The molecule has 0 spiro atoms. The molecule has 3 fully saturated rings. The van der Waals surface area contributed by atoms with Crippen LogP contribution in [0.1, 0.15) is 11.8 Å². The smallest absolute Gasteiger partial charge is 0.0381 e. The van der Waals surface area contributed by atoms with Crippen molar-refractivity contribution in [2.45, 2.75) is 25.4 Å². The zero-order chi connectivity index (χ0) is 13.2. The number of fused-ring (bicyclic) bond motifs is 3. The van der Waals surface area contributed by atoms with Gasteiger partial charge in [0, 0.05) is 59.5 Å². The summed E-state index contributed by atoms with van der Waals surface area (Å²) in [7, 11) is 0. The number of rotatable bonds is 5. The fraction of sp³-hybridized carbons (Fsp3) is 0.714. The van der Waals surface area contributed by atoms with E-state index in [1.807, 2.05) is 11.3 Å². The minimum Gasteiger partial charge on any atom is -0.312 e. The molecule has 1 N–H and O–H groups in total. The molecule has 0 saturated carbocycles. The number of halogens is 1. The van der Waals surface area contributed by atoms with E-state index in [-0.39, 0.29) is 0 Å². The van der Waals surface area contributed by atoms with Crippen LogP contribution in [0.2, 0.25) is 0 Å². The molecule has 3 nitrogen and oxygen atoms in total. The van der Waals surface area contributed by atoms with Crippen LogP contribution in [0, 0.1) is 0 Å². The van der Waals surface area contributed by atoms with Crippen molar-refractivity contribution < 1.29 is 0 Å². The van der Waals surface area contributed by atoms with Gasteiger partial charge in [-0.1, -0.05) is 6.92 Å². The van der Waals surface area contributed by atoms with Crippen molar-refractivity contribution in [2.75, 3.05) is 39.3 Å². The van der Waals surface area contributed by atoms with E-state index < -0.39 is 0 Å². The molecule has 3 saturated heterocycles. The molecule has 3 aliphatic rings. The number of likely N-dealkylation sites (N-methyl/N-ethyl adjacent to an activating group) is 1. The Morgan fingerprint density at radius 3 is 2.74 bits per heavy atom. The summed E-state index contributed by atoms with van der Waals surface area (Å²) in [4.78, 5) is 6.80. The lowest BCUT2D eigenvalue weighted by Crippen LogP contribution is -2.66. The summed E-state index contributed by atoms with van der Waals surface area (Å²) in [6.07, 6.45) is 1.15. The van der Waals surface area contributed by atoms with E-state index in [0.29, 0.717) is 12.1 Å². The third-order valence-corrected chi connectivity index (χ3v) is 6.01. The maximum absolute atomic E-state index is 3.72. The SMILES string of the molecule is CCNC(Cc1cc(Br)cs1)C1CN2CCN1CC2. The lowest BCUT2D eigenvalue weighted by Gasteiger charge is -2.50. The van der Waals surface area contributed by atoms with Gasteiger partial charge in [-0.25, -0.2) is 0 Å². The van der Waals surface area contributed by atoms with E-state index in [1.165, 1.54) is 42.1 Å². The fourth-order valence-electron chi connectivity index (χ4n) is 3.32. The van der Waals surface area contributed by atoms with Crippen molar-refractivity contribution in [2.24, 2.45) is 0 Å². The van der Waals surface area contributed by atoms with Gasteiger partial charge < -0.3 is 5.32 Å². The maximum atomic E-state index is 3.72. The third-order valence-electron chi connectivity index (χ3n) is 4.29. The van der Waals surface area contributed by atoms with Gasteiger partial charge in [0.1, 0.15) is 0 Å². The summed E-state index contributed by atoms with van der Waals surface area (Å²) >= 11 is 5.43. The number of nitrogens with zero attached hydrogens (tertiary/aromatic N) is 2. The summed E-state index contributed by atoms with van der Waals surface area (Å²) in [6.45, 7) is 9.54. The molecule has 3 aliphatic heterocycles. The predicted molar refractivity (Wildman–Crippen MR) is 85.0 cm³/mol. The molecule has 2 bridgehead atoms. The van der Waals surface area contributed by atoms with Crippen LogP contribution >= 0.6 is 27.3 Å². The van der Waals surface area contributed by atoms with Gasteiger partial charge in [0.15, 0.2) is 0 Å². The van der Waals surface area contributed by atoms with Crippen LogP contribution in [0.3, 0.4) is 0 Å². The molecular weight excluding hydrogens is 322 g/mol. The highest BCUT2D eigenvalue weighted by Gasteiger charge is 2.36. The van der Waals surface area contributed by atoms with Crippen LogP contribution in [0.4, 0.5) is 0 Å². The topological polar surface area (TPSA) is 18.5 Å². The second-order valence-electron chi connectivity index (χ2n) is 5.50. The summed E-state index contributed by atoms with van der Waals surface area (Å²) in [5.41, 5.74) is 0. The maximum Gasteiger partial charge on any atom is 0.0381 e. The van der Waals surface area contributed by atoms with E-state index in [1.54, 1.807) is 0 Å². The third kappa shape index (κ3) is 3.22. The second kappa shape index (κ2) is 6.22. The van der Waals surface area contributed by atoms with Crippen LogP contribution in [-0.2, 0) is 6.42 Å². The summed E-state index contributed by atoms with van der Waals surface area (Å²) in [6, 6.07) is 3.54. The molecule has 106 valence electrons. The van der Waals surface area contributed by atoms with Crippen molar-refractivity contribution in [3.8, 4) is 0 Å². The first kappa shape index (κ1) is 14.0.